The Morgan fingerprint density at radius 2 is 1.92 bits per heavy atom. The van der Waals surface area contributed by atoms with Crippen LogP contribution in [0.25, 0.3) is 11.1 Å². The van der Waals surface area contributed by atoms with Gasteiger partial charge in [0.2, 0.25) is 5.82 Å². The Kier molecular flexibility index (Phi) is 8.17. The van der Waals surface area contributed by atoms with E-state index < -0.39 is 17.6 Å². The maximum atomic E-state index is 12.7. The van der Waals surface area contributed by atoms with Crippen molar-refractivity contribution in [3.05, 3.63) is 89.1 Å². The quantitative estimate of drug-likeness (QED) is 0.221. The number of aromatic nitrogens is 4. The molecule has 1 amide bonds. The van der Waals surface area contributed by atoms with Gasteiger partial charge in [0.25, 0.3) is 5.91 Å². The number of halogens is 1. The molecule has 192 valence electrons. The average molecular weight is 522 g/mol. The molecule has 2 aromatic heterocycles. The van der Waals surface area contributed by atoms with Gasteiger partial charge in [-0.25, -0.2) is 4.98 Å². The number of nitrogens with zero attached hydrogens (tertiary/aromatic N) is 3. The number of hydrogen-bond donors (Lipinski definition) is 4. The average Bonchev–Trinajstić information content (AvgIpc) is 3.38. The maximum Gasteiger partial charge on any atom is 0.294 e. The van der Waals surface area contributed by atoms with E-state index in [4.69, 9.17) is 16.3 Å². The third-order valence-electron chi connectivity index (χ3n) is 5.55. The van der Waals surface area contributed by atoms with Crippen LogP contribution in [0.1, 0.15) is 54.8 Å². The molecule has 0 unspecified atom stereocenters. The van der Waals surface area contributed by atoms with E-state index in [2.05, 4.69) is 25.5 Å². The SMILES string of the molecule is CC(C)(O)CCCOc1ccc(Cl)c(-c2ccnc(NC(=O)c3nnc([C@@H](O)c4ccccc4)[nH]3)c2)c1. The number of pyridine rings is 1. The standard InChI is InChI=1S/C27H28ClN5O4/c1-27(2,36)12-6-14-37-19-9-10-21(28)20(16-19)18-11-13-29-22(15-18)30-26(35)25-31-24(32-33-25)23(34)17-7-4-3-5-8-17/h3-5,7-11,13,15-16,23,34,36H,6,12,14H2,1-2H3,(H,29,30,35)(H,31,32,33)/t23-/m0/s1. The lowest BCUT2D eigenvalue weighted by Gasteiger charge is -2.17. The third kappa shape index (κ3) is 7.13. The van der Waals surface area contributed by atoms with Gasteiger partial charge in [0.15, 0.2) is 5.82 Å². The molecule has 1 atom stereocenters. The number of rotatable bonds is 10. The zero-order valence-electron chi connectivity index (χ0n) is 20.5. The number of aliphatic hydroxyl groups excluding tert-OH is 1. The van der Waals surface area contributed by atoms with Crippen molar-refractivity contribution in [1.29, 1.82) is 0 Å². The Balaban J connectivity index is 1.44. The lowest BCUT2D eigenvalue weighted by molar-refractivity contribution is 0.0641. The largest absolute Gasteiger partial charge is 0.494 e. The lowest BCUT2D eigenvalue weighted by atomic mass is 10.0. The van der Waals surface area contributed by atoms with Crippen molar-refractivity contribution >= 4 is 23.3 Å². The summed E-state index contributed by atoms with van der Waals surface area (Å²) in [7, 11) is 0. The highest BCUT2D eigenvalue weighted by Gasteiger charge is 2.19. The van der Waals surface area contributed by atoms with E-state index in [9.17, 15) is 15.0 Å². The molecule has 4 N–H and O–H groups in total. The molecule has 0 spiro atoms. The topological polar surface area (TPSA) is 133 Å². The van der Waals surface area contributed by atoms with Crippen LogP contribution < -0.4 is 10.1 Å². The molecular weight excluding hydrogens is 494 g/mol. The van der Waals surface area contributed by atoms with Gasteiger partial charge in [-0.2, -0.15) is 0 Å². The van der Waals surface area contributed by atoms with Gasteiger partial charge in [-0.05, 0) is 68.1 Å². The summed E-state index contributed by atoms with van der Waals surface area (Å²) in [5.41, 5.74) is 1.34. The molecule has 0 aliphatic heterocycles. The predicted octanol–water partition coefficient (Wildman–Crippen LogP) is 4.78. The van der Waals surface area contributed by atoms with Crippen LogP contribution in [0, 0.1) is 0 Å². The van der Waals surface area contributed by atoms with Crippen LogP contribution in [0.3, 0.4) is 0 Å². The minimum Gasteiger partial charge on any atom is -0.494 e. The second kappa shape index (κ2) is 11.5. The van der Waals surface area contributed by atoms with E-state index >= 15 is 0 Å². The number of aromatic amines is 1. The van der Waals surface area contributed by atoms with Crippen molar-refractivity contribution in [2.75, 3.05) is 11.9 Å². The second-order valence-corrected chi connectivity index (χ2v) is 9.57. The smallest absolute Gasteiger partial charge is 0.294 e. The molecule has 4 rings (SSSR count). The van der Waals surface area contributed by atoms with Crippen molar-refractivity contribution in [1.82, 2.24) is 20.2 Å². The number of carbonyl (C=O) groups excluding carboxylic acids is 1. The van der Waals surface area contributed by atoms with Gasteiger partial charge in [-0.3, -0.25) is 4.79 Å². The summed E-state index contributed by atoms with van der Waals surface area (Å²) in [5.74, 6) is 0.472. The zero-order chi connectivity index (χ0) is 26.4. The van der Waals surface area contributed by atoms with Gasteiger partial charge in [0, 0.05) is 16.8 Å². The number of aliphatic hydroxyl groups is 2. The molecular formula is C27H28ClN5O4. The number of benzene rings is 2. The van der Waals surface area contributed by atoms with Gasteiger partial charge in [-0.15, -0.1) is 10.2 Å². The molecule has 0 bridgehead atoms. The van der Waals surface area contributed by atoms with Crippen molar-refractivity contribution in [2.24, 2.45) is 0 Å². The van der Waals surface area contributed by atoms with E-state index in [1.807, 2.05) is 12.1 Å². The second-order valence-electron chi connectivity index (χ2n) is 9.16. The summed E-state index contributed by atoms with van der Waals surface area (Å²) >= 11 is 6.45. The Labute approximate surface area is 219 Å². The van der Waals surface area contributed by atoms with Crippen LogP contribution in [0.4, 0.5) is 5.82 Å². The van der Waals surface area contributed by atoms with Gasteiger partial charge in [-0.1, -0.05) is 41.9 Å². The predicted molar refractivity (Wildman–Crippen MR) is 141 cm³/mol. The molecule has 0 fully saturated rings. The first-order valence-electron chi connectivity index (χ1n) is 11.8. The summed E-state index contributed by atoms with van der Waals surface area (Å²) in [4.78, 5) is 19.7. The Morgan fingerprint density at radius 3 is 2.68 bits per heavy atom. The van der Waals surface area contributed by atoms with E-state index in [1.165, 1.54) is 0 Å². The van der Waals surface area contributed by atoms with E-state index in [-0.39, 0.29) is 17.5 Å². The molecule has 9 nitrogen and oxygen atoms in total. The van der Waals surface area contributed by atoms with Crippen LogP contribution in [0.2, 0.25) is 5.02 Å². The molecule has 10 heteroatoms. The number of H-pyrrole nitrogens is 1. The van der Waals surface area contributed by atoms with Gasteiger partial charge < -0.3 is 25.3 Å². The molecule has 0 saturated carbocycles. The number of amides is 1. The fraction of sp³-hybridized carbons (Fsp3) is 0.259. The fourth-order valence-electron chi connectivity index (χ4n) is 3.65. The first kappa shape index (κ1) is 26.3. The lowest BCUT2D eigenvalue weighted by Crippen LogP contribution is -2.19. The van der Waals surface area contributed by atoms with E-state index in [0.717, 1.165) is 5.56 Å². The van der Waals surface area contributed by atoms with Crippen molar-refractivity contribution in [3.8, 4) is 16.9 Å². The molecule has 0 aliphatic rings. The molecule has 2 aromatic carbocycles. The summed E-state index contributed by atoms with van der Waals surface area (Å²) < 4.78 is 5.83. The normalized spacial score (nSPS) is 12.2. The van der Waals surface area contributed by atoms with Gasteiger partial charge in [0.1, 0.15) is 17.7 Å². The van der Waals surface area contributed by atoms with Crippen LogP contribution in [0.15, 0.2) is 66.9 Å². The Morgan fingerprint density at radius 1 is 1.14 bits per heavy atom. The molecule has 4 aromatic rings. The van der Waals surface area contributed by atoms with E-state index in [0.29, 0.717) is 41.3 Å². The number of carbonyl (C=O) groups is 1. The first-order chi connectivity index (χ1) is 17.7. The fourth-order valence-corrected chi connectivity index (χ4v) is 3.87. The minimum absolute atomic E-state index is 0.0586. The minimum atomic E-state index is -1.04. The van der Waals surface area contributed by atoms with Crippen LogP contribution >= 0.6 is 11.6 Å². The van der Waals surface area contributed by atoms with E-state index in [1.54, 1.807) is 68.6 Å². The first-order valence-corrected chi connectivity index (χ1v) is 12.2. The Bertz CT molecular complexity index is 1350. The van der Waals surface area contributed by atoms with Crippen molar-refractivity contribution in [3.63, 3.8) is 0 Å². The highest BCUT2D eigenvalue weighted by Crippen LogP contribution is 2.32. The molecule has 37 heavy (non-hydrogen) atoms. The highest BCUT2D eigenvalue weighted by atomic mass is 35.5. The molecule has 0 saturated heterocycles. The monoisotopic (exact) mass is 521 g/mol. The number of ether oxygens (including phenoxy) is 1. The van der Waals surface area contributed by atoms with Crippen molar-refractivity contribution in [2.45, 2.75) is 38.4 Å². The molecule has 0 aliphatic carbocycles. The summed E-state index contributed by atoms with van der Waals surface area (Å²) in [6.45, 7) is 3.99. The third-order valence-corrected chi connectivity index (χ3v) is 5.88. The molecule has 2 heterocycles. The number of nitrogens with one attached hydrogen (secondary N) is 2. The summed E-state index contributed by atoms with van der Waals surface area (Å²) in [6, 6.07) is 17.8. The van der Waals surface area contributed by atoms with Crippen molar-refractivity contribution < 1.29 is 19.7 Å². The number of hydrogen-bond acceptors (Lipinski definition) is 7. The van der Waals surface area contributed by atoms with Crippen LogP contribution in [-0.4, -0.2) is 48.5 Å². The van der Waals surface area contributed by atoms with Crippen LogP contribution in [-0.2, 0) is 0 Å². The highest BCUT2D eigenvalue weighted by molar-refractivity contribution is 6.33. The number of anilines is 1. The zero-order valence-corrected chi connectivity index (χ0v) is 21.2. The van der Waals surface area contributed by atoms with Crippen LogP contribution in [0.5, 0.6) is 5.75 Å². The summed E-state index contributed by atoms with van der Waals surface area (Å²) in [6.07, 6.45) is 1.85. The molecule has 0 radical (unpaired) electrons. The Hall–Kier alpha value is -3.79. The van der Waals surface area contributed by atoms with Gasteiger partial charge >= 0.3 is 0 Å². The maximum absolute atomic E-state index is 12.7. The summed E-state index contributed by atoms with van der Waals surface area (Å²) in [5, 5.41) is 31.3. The van der Waals surface area contributed by atoms with Gasteiger partial charge in [0.05, 0.1) is 12.2 Å².